The van der Waals surface area contributed by atoms with Crippen molar-refractivity contribution in [2.45, 2.75) is 32.7 Å². The molecule has 0 saturated heterocycles. The summed E-state index contributed by atoms with van der Waals surface area (Å²) in [5, 5.41) is 3.27. The van der Waals surface area contributed by atoms with Crippen LogP contribution in [0, 0.1) is 0 Å². The number of nitrogens with one attached hydrogen (secondary N) is 1. The van der Waals surface area contributed by atoms with Crippen molar-refractivity contribution in [2.24, 2.45) is 0 Å². The highest BCUT2D eigenvalue weighted by molar-refractivity contribution is 7.98. The molecule has 1 N–H and O–H groups in total. The van der Waals surface area contributed by atoms with Crippen LogP contribution in [0.2, 0.25) is 0 Å². The smallest absolute Gasteiger partial charge is 0.256 e. The van der Waals surface area contributed by atoms with Crippen molar-refractivity contribution in [3.8, 4) is 0 Å². The van der Waals surface area contributed by atoms with Gasteiger partial charge in [0.1, 0.15) is 0 Å². The molecule has 1 amide bonds. The average Bonchev–Trinajstić information content (AvgIpc) is 2.49. The van der Waals surface area contributed by atoms with E-state index in [4.69, 9.17) is 0 Å². The molecule has 4 nitrogen and oxygen atoms in total. The highest BCUT2D eigenvalue weighted by Crippen LogP contribution is 2.18. The van der Waals surface area contributed by atoms with Gasteiger partial charge in [0.25, 0.3) is 5.91 Å². The van der Waals surface area contributed by atoms with Gasteiger partial charge in [-0.05, 0) is 25.2 Å². The van der Waals surface area contributed by atoms with Crippen molar-refractivity contribution < 1.29 is 4.79 Å². The highest BCUT2D eigenvalue weighted by Gasteiger charge is 2.21. The molecule has 1 atom stereocenters. The zero-order valence-corrected chi connectivity index (χ0v) is 13.7. The number of carbonyl (C=O) groups excluding carboxylic acids is 1. The largest absolute Gasteiger partial charge is 0.383 e. The first-order valence-electron chi connectivity index (χ1n) is 7.09. The van der Waals surface area contributed by atoms with Gasteiger partial charge < -0.3 is 10.2 Å². The van der Waals surface area contributed by atoms with E-state index in [2.05, 4.69) is 30.4 Å². The van der Waals surface area contributed by atoms with Gasteiger partial charge in [-0.2, -0.15) is 11.8 Å². The Hall–Kier alpha value is -1.23. The van der Waals surface area contributed by atoms with Crippen LogP contribution in [0.1, 0.15) is 37.0 Å². The molecule has 20 heavy (non-hydrogen) atoms. The van der Waals surface area contributed by atoms with Gasteiger partial charge in [-0.3, -0.25) is 9.78 Å². The SMILES string of the molecule is CCCNc1cnccc1C(=O)N(C)C(CC)CSC. The second-order valence-corrected chi connectivity index (χ2v) is 5.69. The maximum Gasteiger partial charge on any atom is 0.256 e. The summed E-state index contributed by atoms with van der Waals surface area (Å²) in [6, 6.07) is 2.06. The minimum absolute atomic E-state index is 0.0619. The Morgan fingerprint density at radius 1 is 1.50 bits per heavy atom. The summed E-state index contributed by atoms with van der Waals surface area (Å²) in [7, 11) is 1.89. The molecule has 0 aromatic carbocycles. The van der Waals surface area contributed by atoms with Gasteiger partial charge in [0.05, 0.1) is 17.4 Å². The lowest BCUT2D eigenvalue weighted by molar-refractivity contribution is 0.0744. The predicted molar refractivity (Wildman–Crippen MR) is 87.6 cm³/mol. The van der Waals surface area contributed by atoms with Crippen LogP contribution in [0.15, 0.2) is 18.5 Å². The number of hydrogen-bond acceptors (Lipinski definition) is 4. The molecule has 0 aliphatic heterocycles. The van der Waals surface area contributed by atoms with E-state index in [0.29, 0.717) is 5.56 Å². The fourth-order valence-electron chi connectivity index (χ4n) is 2.03. The number of aromatic nitrogens is 1. The van der Waals surface area contributed by atoms with Gasteiger partial charge >= 0.3 is 0 Å². The first-order chi connectivity index (χ1) is 9.65. The third-order valence-corrected chi connectivity index (χ3v) is 4.03. The summed E-state index contributed by atoms with van der Waals surface area (Å²) >= 11 is 1.77. The Kier molecular flexibility index (Phi) is 7.44. The average molecular weight is 295 g/mol. The summed E-state index contributed by atoms with van der Waals surface area (Å²) in [5.41, 5.74) is 1.53. The molecule has 5 heteroatoms. The second kappa shape index (κ2) is 8.84. The monoisotopic (exact) mass is 295 g/mol. The summed E-state index contributed by atoms with van der Waals surface area (Å²) in [5.74, 6) is 1.02. The summed E-state index contributed by atoms with van der Waals surface area (Å²) in [4.78, 5) is 18.6. The molecule has 0 spiro atoms. The fraction of sp³-hybridized carbons (Fsp3) is 0.600. The number of pyridine rings is 1. The van der Waals surface area contributed by atoms with Gasteiger partial charge in [0, 0.05) is 31.6 Å². The zero-order valence-electron chi connectivity index (χ0n) is 12.8. The fourth-order valence-corrected chi connectivity index (χ4v) is 2.88. The molecule has 0 aliphatic rings. The lowest BCUT2D eigenvalue weighted by Gasteiger charge is -2.27. The number of amides is 1. The van der Waals surface area contributed by atoms with Gasteiger partial charge in [0.15, 0.2) is 0 Å². The van der Waals surface area contributed by atoms with Crippen LogP contribution < -0.4 is 5.32 Å². The zero-order chi connectivity index (χ0) is 15.0. The topological polar surface area (TPSA) is 45.2 Å². The lowest BCUT2D eigenvalue weighted by atomic mass is 10.1. The molecule has 0 aliphatic carbocycles. The molecule has 1 aromatic rings. The third kappa shape index (κ3) is 4.40. The van der Waals surface area contributed by atoms with Crippen LogP contribution in [0.5, 0.6) is 0 Å². The van der Waals surface area contributed by atoms with Gasteiger partial charge in [-0.25, -0.2) is 0 Å². The Bertz CT molecular complexity index is 425. The minimum Gasteiger partial charge on any atom is -0.383 e. The number of carbonyl (C=O) groups is 1. The van der Waals surface area contributed by atoms with E-state index in [1.807, 2.05) is 11.9 Å². The molecule has 0 bridgehead atoms. The van der Waals surface area contributed by atoms with E-state index < -0.39 is 0 Å². The summed E-state index contributed by atoms with van der Waals surface area (Å²) in [6.45, 7) is 5.06. The number of hydrogen-bond donors (Lipinski definition) is 1. The Labute approximate surface area is 126 Å². The quantitative estimate of drug-likeness (QED) is 0.800. The molecule has 0 saturated carbocycles. The standard InChI is InChI=1S/C15H25N3OS/c1-5-8-17-14-10-16-9-7-13(14)15(19)18(3)12(6-2)11-20-4/h7,9-10,12,17H,5-6,8,11H2,1-4H3. The lowest BCUT2D eigenvalue weighted by Crippen LogP contribution is -2.38. The van der Waals surface area contributed by atoms with Crippen LogP contribution in [-0.4, -0.2) is 47.4 Å². The van der Waals surface area contributed by atoms with Crippen molar-refractivity contribution in [1.82, 2.24) is 9.88 Å². The van der Waals surface area contributed by atoms with Crippen LogP contribution in [0.25, 0.3) is 0 Å². The molecule has 1 heterocycles. The molecule has 0 radical (unpaired) electrons. The first-order valence-corrected chi connectivity index (χ1v) is 8.49. The number of thioether (sulfide) groups is 1. The normalized spacial score (nSPS) is 12.0. The van der Waals surface area contributed by atoms with Crippen LogP contribution >= 0.6 is 11.8 Å². The molecule has 112 valence electrons. The number of anilines is 1. The molecule has 1 aromatic heterocycles. The summed E-state index contributed by atoms with van der Waals surface area (Å²) in [6.07, 6.45) is 7.45. The Morgan fingerprint density at radius 2 is 2.25 bits per heavy atom. The highest BCUT2D eigenvalue weighted by atomic mass is 32.2. The van der Waals surface area contributed by atoms with Gasteiger partial charge in [-0.1, -0.05) is 13.8 Å². The number of rotatable bonds is 8. The van der Waals surface area contributed by atoms with E-state index in [1.165, 1.54) is 0 Å². The molecular formula is C15H25N3OS. The maximum atomic E-state index is 12.7. The van der Waals surface area contributed by atoms with Gasteiger partial charge in [0.2, 0.25) is 0 Å². The van der Waals surface area contributed by atoms with Crippen LogP contribution in [-0.2, 0) is 0 Å². The van der Waals surface area contributed by atoms with Crippen molar-refractivity contribution in [3.05, 3.63) is 24.0 Å². The van der Waals surface area contributed by atoms with Crippen molar-refractivity contribution in [3.63, 3.8) is 0 Å². The molecule has 1 unspecified atom stereocenters. The van der Waals surface area contributed by atoms with Gasteiger partial charge in [-0.15, -0.1) is 0 Å². The van der Waals surface area contributed by atoms with E-state index in [1.54, 1.807) is 30.2 Å². The van der Waals surface area contributed by atoms with Crippen LogP contribution in [0.4, 0.5) is 5.69 Å². The first kappa shape index (κ1) is 16.8. The van der Waals surface area contributed by atoms with E-state index >= 15 is 0 Å². The van der Waals surface area contributed by atoms with E-state index in [9.17, 15) is 4.79 Å². The molecule has 1 rings (SSSR count). The Morgan fingerprint density at radius 3 is 2.85 bits per heavy atom. The van der Waals surface area contributed by atoms with Crippen molar-refractivity contribution in [2.75, 3.05) is 30.9 Å². The van der Waals surface area contributed by atoms with Crippen molar-refractivity contribution in [1.29, 1.82) is 0 Å². The van der Waals surface area contributed by atoms with Crippen LogP contribution in [0.3, 0.4) is 0 Å². The summed E-state index contributed by atoms with van der Waals surface area (Å²) < 4.78 is 0. The second-order valence-electron chi connectivity index (χ2n) is 4.78. The number of nitrogens with zero attached hydrogens (tertiary/aromatic N) is 2. The predicted octanol–water partition coefficient (Wildman–Crippen LogP) is 3.12. The minimum atomic E-state index is 0.0619. The molecular weight excluding hydrogens is 270 g/mol. The third-order valence-electron chi connectivity index (χ3n) is 3.32. The molecule has 0 fully saturated rings. The van der Waals surface area contributed by atoms with Crippen molar-refractivity contribution >= 4 is 23.4 Å². The van der Waals surface area contributed by atoms with E-state index in [-0.39, 0.29) is 11.9 Å². The van der Waals surface area contributed by atoms with E-state index in [0.717, 1.165) is 30.8 Å². The Balaban J connectivity index is 2.90. The maximum absolute atomic E-state index is 12.7.